The van der Waals surface area contributed by atoms with Gasteiger partial charge in [-0.15, -0.1) is 0 Å². The molecule has 0 heterocycles. The number of hydrogen-bond donors (Lipinski definition) is 2. The van der Waals surface area contributed by atoms with E-state index >= 15 is 0 Å². The molecule has 0 saturated heterocycles. The molecule has 3 nitrogen and oxygen atoms in total. The summed E-state index contributed by atoms with van der Waals surface area (Å²) in [5.41, 5.74) is 13.4. The Labute approximate surface area is 71.6 Å². The van der Waals surface area contributed by atoms with Crippen LogP contribution in [0.25, 0.3) is 0 Å². The van der Waals surface area contributed by atoms with Gasteiger partial charge in [-0.25, -0.2) is 0 Å². The van der Waals surface area contributed by atoms with Gasteiger partial charge in [0, 0.05) is 13.1 Å². The van der Waals surface area contributed by atoms with Crippen molar-refractivity contribution >= 4 is 0 Å². The molecule has 0 bridgehead atoms. The van der Waals surface area contributed by atoms with E-state index in [1.54, 1.807) is 12.1 Å². The van der Waals surface area contributed by atoms with Crippen LogP contribution in [0.5, 0.6) is 0 Å². The minimum Gasteiger partial charge on any atom is -0.326 e. The van der Waals surface area contributed by atoms with Crippen LogP contribution in [-0.4, -0.2) is 0 Å². The molecule has 12 heavy (non-hydrogen) atoms. The van der Waals surface area contributed by atoms with Gasteiger partial charge in [0.1, 0.15) is 0 Å². The van der Waals surface area contributed by atoms with Crippen molar-refractivity contribution in [3.05, 3.63) is 34.9 Å². The molecule has 3 heteroatoms. The summed E-state index contributed by atoms with van der Waals surface area (Å²) < 4.78 is 0. The highest BCUT2D eigenvalue weighted by atomic mass is 14.5. The van der Waals surface area contributed by atoms with Gasteiger partial charge >= 0.3 is 0 Å². The lowest BCUT2D eigenvalue weighted by Crippen LogP contribution is -2.01. The first kappa shape index (κ1) is 8.72. The molecular weight excluding hydrogens is 150 g/mol. The molecule has 1 rings (SSSR count). The molecule has 4 N–H and O–H groups in total. The third kappa shape index (κ3) is 1.82. The molecule has 62 valence electrons. The molecule has 0 aromatic heterocycles. The number of nitriles is 1. The van der Waals surface area contributed by atoms with Gasteiger partial charge in [-0.05, 0) is 23.3 Å². The average molecular weight is 161 g/mol. The summed E-state index contributed by atoms with van der Waals surface area (Å²) in [6, 6.07) is 7.54. The molecule has 1 aromatic rings. The first-order valence-electron chi connectivity index (χ1n) is 3.73. The maximum absolute atomic E-state index is 8.65. The topological polar surface area (TPSA) is 75.8 Å². The van der Waals surface area contributed by atoms with Gasteiger partial charge in [0.15, 0.2) is 0 Å². The van der Waals surface area contributed by atoms with Crippen molar-refractivity contribution in [1.82, 2.24) is 0 Å². The molecule has 0 fully saturated rings. The highest BCUT2D eigenvalue weighted by molar-refractivity contribution is 5.37. The summed E-state index contributed by atoms with van der Waals surface area (Å²) in [4.78, 5) is 0. The van der Waals surface area contributed by atoms with Crippen LogP contribution in [0.4, 0.5) is 0 Å². The second-order valence-electron chi connectivity index (χ2n) is 2.56. The second kappa shape index (κ2) is 3.86. The van der Waals surface area contributed by atoms with Crippen molar-refractivity contribution < 1.29 is 0 Å². The van der Waals surface area contributed by atoms with E-state index in [-0.39, 0.29) is 0 Å². The van der Waals surface area contributed by atoms with Crippen LogP contribution in [0.15, 0.2) is 18.2 Å². The summed E-state index contributed by atoms with van der Waals surface area (Å²) in [5, 5.41) is 8.65. The predicted octanol–water partition coefficient (Wildman–Crippen LogP) is 0.476. The highest BCUT2D eigenvalue weighted by Crippen LogP contribution is 2.08. The largest absolute Gasteiger partial charge is 0.326 e. The third-order valence-electron chi connectivity index (χ3n) is 1.65. The van der Waals surface area contributed by atoms with Gasteiger partial charge in [0.2, 0.25) is 0 Å². The lowest BCUT2D eigenvalue weighted by atomic mass is 10.1. The standard InChI is InChI=1S/C9H11N3/c10-4-7-1-8(5-11)3-9(2-7)6-12/h1-3H,4-5,10-11H2. The lowest BCUT2D eigenvalue weighted by Gasteiger charge is -2.01. The fraction of sp³-hybridized carbons (Fsp3) is 0.222. The first-order valence-corrected chi connectivity index (χ1v) is 3.73. The van der Waals surface area contributed by atoms with E-state index in [0.29, 0.717) is 18.7 Å². The van der Waals surface area contributed by atoms with E-state index in [9.17, 15) is 0 Å². The minimum absolute atomic E-state index is 0.447. The van der Waals surface area contributed by atoms with Gasteiger partial charge < -0.3 is 11.5 Å². The van der Waals surface area contributed by atoms with E-state index in [4.69, 9.17) is 16.7 Å². The van der Waals surface area contributed by atoms with E-state index in [2.05, 4.69) is 6.07 Å². The molecule has 0 amide bonds. The zero-order valence-corrected chi connectivity index (χ0v) is 6.75. The Balaban J connectivity index is 3.12. The summed E-state index contributed by atoms with van der Waals surface area (Å²) in [6.07, 6.45) is 0. The van der Waals surface area contributed by atoms with Crippen LogP contribution in [0.3, 0.4) is 0 Å². The van der Waals surface area contributed by atoms with Crippen LogP contribution in [0.2, 0.25) is 0 Å². The molecule has 0 saturated carbocycles. The Hall–Kier alpha value is -1.37. The van der Waals surface area contributed by atoms with Crippen LogP contribution in [0.1, 0.15) is 16.7 Å². The number of hydrogen-bond acceptors (Lipinski definition) is 3. The second-order valence-corrected chi connectivity index (χ2v) is 2.56. The molecule has 0 aliphatic rings. The average Bonchev–Trinajstić information content (AvgIpc) is 2.16. The van der Waals surface area contributed by atoms with Gasteiger partial charge in [-0.2, -0.15) is 5.26 Å². The van der Waals surface area contributed by atoms with Crippen LogP contribution < -0.4 is 11.5 Å². The smallest absolute Gasteiger partial charge is 0.0991 e. The number of nitrogens with zero attached hydrogens (tertiary/aromatic N) is 1. The number of rotatable bonds is 2. The number of benzene rings is 1. The quantitative estimate of drug-likeness (QED) is 0.662. The maximum Gasteiger partial charge on any atom is 0.0991 e. The fourth-order valence-corrected chi connectivity index (χ4v) is 1.06. The first-order chi connectivity index (χ1) is 5.80. The zero-order valence-electron chi connectivity index (χ0n) is 6.75. The maximum atomic E-state index is 8.65. The van der Waals surface area contributed by atoms with Crippen LogP contribution >= 0.6 is 0 Å². The minimum atomic E-state index is 0.447. The van der Waals surface area contributed by atoms with Crippen molar-refractivity contribution in [2.45, 2.75) is 13.1 Å². The van der Waals surface area contributed by atoms with Gasteiger partial charge in [0.05, 0.1) is 11.6 Å². The van der Waals surface area contributed by atoms with Crippen molar-refractivity contribution in [3.8, 4) is 6.07 Å². The third-order valence-corrected chi connectivity index (χ3v) is 1.65. The van der Waals surface area contributed by atoms with Crippen molar-refractivity contribution in [1.29, 1.82) is 5.26 Å². The molecule has 0 radical (unpaired) electrons. The molecule has 0 unspecified atom stereocenters. The monoisotopic (exact) mass is 161 g/mol. The fourth-order valence-electron chi connectivity index (χ4n) is 1.06. The van der Waals surface area contributed by atoms with Gasteiger partial charge in [-0.1, -0.05) is 6.07 Å². The predicted molar refractivity (Wildman–Crippen MR) is 46.9 cm³/mol. The van der Waals surface area contributed by atoms with Gasteiger partial charge in [0.25, 0.3) is 0 Å². The Kier molecular flexibility index (Phi) is 2.81. The van der Waals surface area contributed by atoms with Crippen molar-refractivity contribution in [2.24, 2.45) is 11.5 Å². The summed E-state index contributed by atoms with van der Waals surface area (Å²) in [5.74, 6) is 0. The van der Waals surface area contributed by atoms with Crippen molar-refractivity contribution in [2.75, 3.05) is 0 Å². The molecule has 0 aliphatic carbocycles. The molecule has 0 aliphatic heterocycles. The van der Waals surface area contributed by atoms with E-state index in [0.717, 1.165) is 11.1 Å². The Bertz CT molecular complexity index is 290. The lowest BCUT2D eigenvalue weighted by molar-refractivity contribution is 1.02. The Morgan fingerprint density at radius 3 is 1.92 bits per heavy atom. The summed E-state index contributed by atoms with van der Waals surface area (Å²) in [7, 11) is 0. The van der Waals surface area contributed by atoms with Gasteiger partial charge in [-0.3, -0.25) is 0 Å². The summed E-state index contributed by atoms with van der Waals surface area (Å²) >= 11 is 0. The molecule has 1 aromatic carbocycles. The van der Waals surface area contributed by atoms with Crippen molar-refractivity contribution in [3.63, 3.8) is 0 Å². The summed E-state index contributed by atoms with van der Waals surface area (Å²) in [6.45, 7) is 0.894. The van der Waals surface area contributed by atoms with Crippen LogP contribution in [0, 0.1) is 11.3 Å². The highest BCUT2D eigenvalue weighted by Gasteiger charge is 1.97. The molecular formula is C9H11N3. The Morgan fingerprint density at radius 1 is 1.08 bits per heavy atom. The molecule has 0 spiro atoms. The number of nitrogens with two attached hydrogens (primary N) is 2. The molecule has 0 atom stereocenters. The normalized spacial score (nSPS) is 9.42. The van der Waals surface area contributed by atoms with E-state index in [1.807, 2.05) is 6.07 Å². The Morgan fingerprint density at radius 2 is 1.58 bits per heavy atom. The van der Waals surface area contributed by atoms with E-state index in [1.165, 1.54) is 0 Å². The SMILES string of the molecule is N#Cc1cc(CN)cc(CN)c1. The van der Waals surface area contributed by atoms with E-state index < -0.39 is 0 Å². The zero-order chi connectivity index (χ0) is 8.97. The van der Waals surface area contributed by atoms with Crippen LogP contribution in [-0.2, 0) is 13.1 Å².